The van der Waals surface area contributed by atoms with E-state index in [9.17, 15) is 32.6 Å². The number of sulfonamides is 1. The van der Waals surface area contributed by atoms with Crippen molar-refractivity contribution in [3.63, 3.8) is 0 Å². The maximum absolute atomic E-state index is 13.8. The molecule has 0 fully saturated rings. The third-order valence-corrected chi connectivity index (χ3v) is 10.8. The van der Waals surface area contributed by atoms with E-state index in [-0.39, 0.29) is 36.5 Å². The molecule has 346 valence electrons. The van der Waals surface area contributed by atoms with Crippen LogP contribution in [0.25, 0.3) is 17.3 Å². The molecule has 0 aliphatic carbocycles. The second kappa shape index (κ2) is 30.9. The summed E-state index contributed by atoms with van der Waals surface area (Å²) >= 11 is 0. The summed E-state index contributed by atoms with van der Waals surface area (Å²) in [4.78, 5) is 35.8. The molecule has 2 rings (SSSR count). The van der Waals surface area contributed by atoms with Crippen LogP contribution in [-0.2, 0) is 19.6 Å². The lowest BCUT2D eigenvalue weighted by Gasteiger charge is -2.20. The minimum atomic E-state index is -3.69. The van der Waals surface area contributed by atoms with E-state index in [1.54, 1.807) is 6.08 Å². The smallest absolute Gasteiger partial charge is 0.239 e. The van der Waals surface area contributed by atoms with Crippen LogP contribution in [0.3, 0.4) is 0 Å². The summed E-state index contributed by atoms with van der Waals surface area (Å²) in [6.45, 7) is 7.86. The summed E-state index contributed by atoms with van der Waals surface area (Å²) in [6.07, 6.45) is 34.1. The molecule has 0 aliphatic heterocycles. The number of allylic oxidation sites excluding steroid dienone is 12. The van der Waals surface area contributed by atoms with Crippen molar-refractivity contribution in [3.05, 3.63) is 120 Å². The number of aliphatic hydroxyl groups is 2. The Bertz CT molecular complexity index is 1990. The number of anilines is 1. The van der Waals surface area contributed by atoms with Gasteiger partial charge in [-0.05, 0) is 82.2 Å². The van der Waals surface area contributed by atoms with E-state index in [1.165, 1.54) is 37.4 Å². The zero-order chi connectivity index (χ0) is 46.5. The first kappa shape index (κ1) is 54.1. The second-order valence-electron chi connectivity index (χ2n) is 15.5. The number of amides is 2. The molecule has 0 unspecified atom stereocenters. The quantitative estimate of drug-likeness (QED) is 0.0570. The van der Waals surface area contributed by atoms with E-state index in [0.717, 1.165) is 49.1 Å². The van der Waals surface area contributed by atoms with Crippen molar-refractivity contribution in [2.75, 3.05) is 50.8 Å². The number of likely N-dealkylation sites (N-methyl/N-ethyl adjacent to an activating group) is 1. The van der Waals surface area contributed by atoms with Crippen LogP contribution in [0.4, 0.5) is 10.3 Å². The number of carbonyl (C=O) groups is 2. The predicted molar refractivity (Wildman–Crippen MR) is 256 cm³/mol. The van der Waals surface area contributed by atoms with Crippen molar-refractivity contribution in [1.29, 1.82) is 0 Å². The number of carbonyl (C=O) groups excluding carboxylic acids is 2. The van der Waals surface area contributed by atoms with E-state index in [0.29, 0.717) is 61.5 Å². The fourth-order valence-corrected chi connectivity index (χ4v) is 6.33. The van der Waals surface area contributed by atoms with E-state index < -0.39 is 28.0 Å². The Hall–Kier alpha value is -5.02. The molecule has 2 aromatic rings. The van der Waals surface area contributed by atoms with Gasteiger partial charge in [0.1, 0.15) is 5.82 Å². The molecule has 2 atom stereocenters. The maximum atomic E-state index is 13.8. The van der Waals surface area contributed by atoms with Crippen molar-refractivity contribution in [3.8, 4) is 11.3 Å². The number of nitrogens with one attached hydrogen (secondary N) is 2. The van der Waals surface area contributed by atoms with Crippen LogP contribution >= 0.6 is 0 Å². The van der Waals surface area contributed by atoms with Crippen molar-refractivity contribution >= 4 is 33.9 Å². The molecule has 0 saturated heterocycles. The van der Waals surface area contributed by atoms with Crippen LogP contribution < -0.4 is 14.9 Å². The Morgan fingerprint density at radius 2 is 1.29 bits per heavy atom. The first-order chi connectivity index (χ1) is 30.1. The summed E-state index contributed by atoms with van der Waals surface area (Å²) in [5, 5.41) is 27.1. The topological polar surface area (TPSA) is 165 Å². The summed E-state index contributed by atoms with van der Waals surface area (Å²) in [6, 6.07) is 5.58. The number of rotatable bonds is 30. The number of aromatic nitrogens is 2. The van der Waals surface area contributed by atoms with E-state index >= 15 is 0 Å². The van der Waals surface area contributed by atoms with E-state index in [1.807, 2.05) is 31.9 Å². The van der Waals surface area contributed by atoms with Gasteiger partial charge in [0.25, 0.3) is 0 Å². The monoisotopic (exact) mass is 891 g/mol. The molecule has 63 heavy (non-hydrogen) atoms. The number of aliphatic hydroxyl groups excluding tert-OH is 2. The minimum absolute atomic E-state index is 0.0143. The van der Waals surface area contributed by atoms with Crippen LogP contribution in [0.2, 0.25) is 0 Å². The van der Waals surface area contributed by atoms with Crippen molar-refractivity contribution < 1.29 is 32.6 Å². The van der Waals surface area contributed by atoms with Crippen molar-refractivity contribution in [2.45, 2.75) is 103 Å². The highest BCUT2D eigenvalue weighted by Crippen LogP contribution is 2.32. The lowest BCUT2D eigenvalue weighted by Crippen LogP contribution is -2.38. The number of nitrogens with zero attached hydrogens (tertiary/aromatic N) is 4. The fourth-order valence-electron chi connectivity index (χ4n) is 5.96. The molecule has 1 heterocycles. The Morgan fingerprint density at radius 1 is 0.778 bits per heavy atom. The Labute approximate surface area is 376 Å². The molecule has 0 aliphatic rings. The highest BCUT2D eigenvalue weighted by atomic mass is 32.2. The number of halogens is 1. The van der Waals surface area contributed by atoms with Gasteiger partial charge in [-0.3, -0.25) is 9.59 Å². The number of hydrogen-bond acceptors (Lipinski definition) is 9. The van der Waals surface area contributed by atoms with Crippen molar-refractivity contribution in [1.82, 2.24) is 25.5 Å². The zero-order valence-electron chi connectivity index (χ0n) is 38.1. The van der Waals surface area contributed by atoms with Crippen LogP contribution in [-0.4, -0.2) is 104 Å². The summed E-state index contributed by atoms with van der Waals surface area (Å²) in [5.74, 6) is -1.07. The van der Waals surface area contributed by atoms with Gasteiger partial charge >= 0.3 is 0 Å². The van der Waals surface area contributed by atoms with Crippen LogP contribution in [0.1, 0.15) is 102 Å². The van der Waals surface area contributed by atoms with Crippen LogP contribution in [0.15, 0.2) is 103 Å². The van der Waals surface area contributed by atoms with Crippen LogP contribution in [0.5, 0.6) is 0 Å². The Kier molecular flexibility index (Phi) is 26.6. The lowest BCUT2D eigenvalue weighted by atomic mass is 9.97. The number of benzene rings is 1. The average Bonchev–Trinajstić information content (AvgIpc) is 3.23. The second-order valence-corrected chi connectivity index (χ2v) is 17.6. The minimum Gasteiger partial charge on any atom is -0.392 e. The maximum Gasteiger partial charge on any atom is 0.239 e. The molecular formula is C49H71FN6O6S. The molecular weight excluding hydrogens is 820 g/mol. The van der Waals surface area contributed by atoms with Gasteiger partial charge in [-0.1, -0.05) is 106 Å². The molecule has 14 heteroatoms. The van der Waals surface area contributed by atoms with Gasteiger partial charge in [-0.2, -0.15) is 0 Å². The summed E-state index contributed by atoms with van der Waals surface area (Å²) in [7, 11) is -0.452. The Balaban J connectivity index is 1.68. The predicted octanol–water partition coefficient (Wildman–Crippen LogP) is 7.96. The highest BCUT2D eigenvalue weighted by molar-refractivity contribution is 7.92. The van der Waals surface area contributed by atoms with Crippen molar-refractivity contribution in [2.24, 2.45) is 0 Å². The SMILES string of the molecule is CCC=CCC=CCC=CCC=CCC=CCC=CCCC(=O)NCCN(C)CCNC(=O)C[C@H](O)C[C@H](O)C=Cc1c(-c2ccc(F)cc2)nc(N(C)S(C)(=O)=O)nc1C(C)C. The molecule has 0 saturated carbocycles. The van der Waals surface area contributed by atoms with Gasteiger partial charge in [-0.25, -0.2) is 27.1 Å². The molecule has 0 radical (unpaired) electrons. The molecule has 12 nitrogen and oxygen atoms in total. The standard InChI is InChI=1S/C49H71FN6O6S/c1-7-8-9-10-11-12-13-14-15-16-17-18-19-20-21-22-23-24-25-26-45(59)51-33-35-55(4)36-34-52-46(60)38-43(58)37-42(57)31-32-44-47(39(2)3)53-49(56(5)63(6,61)62)54-48(44)40-27-29-41(50)30-28-40/h8-9,11-12,14-15,17-18,20-21,23-24,27-32,39,42-43,57-58H,7,10,13,16,19,22,25-26,33-38H2,1-6H3,(H,51,59)(H,52,60)/t42-,43-/m1/s1. The molecule has 1 aromatic heterocycles. The first-order valence-corrected chi connectivity index (χ1v) is 23.7. The third-order valence-electron chi connectivity index (χ3n) is 9.59. The van der Waals surface area contributed by atoms with Gasteiger partial charge in [-0.15, -0.1) is 0 Å². The first-order valence-electron chi connectivity index (χ1n) is 21.9. The number of hydrogen-bond donors (Lipinski definition) is 4. The van der Waals surface area contributed by atoms with Crippen LogP contribution in [0, 0.1) is 5.82 Å². The van der Waals surface area contributed by atoms with E-state index in [4.69, 9.17) is 0 Å². The van der Waals surface area contributed by atoms with Gasteiger partial charge in [0.15, 0.2) is 0 Å². The van der Waals surface area contributed by atoms with Gasteiger partial charge in [0, 0.05) is 57.2 Å². The third kappa shape index (κ3) is 23.9. The molecule has 4 N–H and O–H groups in total. The molecule has 0 bridgehead atoms. The van der Waals surface area contributed by atoms with Gasteiger partial charge in [0.2, 0.25) is 27.8 Å². The fraction of sp³-hybridized carbons (Fsp3) is 0.469. The largest absolute Gasteiger partial charge is 0.392 e. The van der Waals surface area contributed by atoms with Gasteiger partial charge in [0.05, 0.1) is 36.3 Å². The lowest BCUT2D eigenvalue weighted by molar-refractivity contribution is -0.123. The Morgan fingerprint density at radius 3 is 1.79 bits per heavy atom. The molecule has 0 spiro atoms. The average molecular weight is 891 g/mol. The summed E-state index contributed by atoms with van der Waals surface area (Å²) in [5.41, 5.74) is 1.85. The zero-order valence-corrected chi connectivity index (χ0v) is 38.9. The molecule has 1 aromatic carbocycles. The molecule has 2 amide bonds. The summed E-state index contributed by atoms with van der Waals surface area (Å²) < 4.78 is 39.4. The highest BCUT2D eigenvalue weighted by Gasteiger charge is 2.23. The van der Waals surface area contributed by atoms with Gasteiger partial charge < -0.3 is 25.7 Å². The normalized spacial score (nSPS) is 13.7. The van der Waals surface area contributed by atoms with E-state index in [2.05, 4.69) is 94.4 Å².